The summed E-state index contributed by atoms with van der Waals surface area (Å²) in [5, 5.41) is 1.63. The van der Waals surface area contributed by atoms with E-state index in [0.717, 1.165) is 10.8 Å². The van der Waals surface area contributed by atoms with Crippen LogP contribution in [0.15, 0.2) is 36.7 Å². The van der Waals surface area contributed by atoms with Crippen LogP contribution in [0.2, 0.25) is 0 Å². The topological polar surface area (TPSA) is 131 Å². The number of pyridine rings is 2. The van der Waals surface area contributed by atoms with Crippen molar-refractivity contribution in [1.29, 1.82) is 0 Å². The second-order valence-corrected chi connectivity index (χ2v) is 12.8. The molecular formula is C30H30N10Ni. The average molecular weight is 589 g/mol. The minimum absolute atomic E-state index is 0. The monoisotopic (exact) mass is 588 g/mol. The van der Waals surface area contributed by atoms with Gasteiger partial charge in [0.25, 0.3) is 0 Å². The Kier molecular flexibility index (Phi) is 5.72. The van der Waals surface area contributed by atoms with Crippen molar-refractivity contribution in [2.45, 2.75) is 77.0 Å². The summed E-state index contributed by atoms with van der Waals surface area (Å²) in [6, 6.07) is 7.70. The zero-order valence-electron chi connectivity index (χ0n) is 24.3. The summed E-state index contributed by atoms with van der Waals surface area (Å²) in [7, 11) is 0. The fourth-order valence-corrected chi connectivity index (χ4v) is 5.22. The number of rotatable bonds is 0. The van der Waals surface area contributed by atoms with Crippen LogP contribution in [0.4, 0.5) is 0 Å². The molecule has 0 spiro atoms. The molecule has 0 radical (unpaired) electrons. The molecule has 210 valence electrons. The predicted octanol–water partition coefficient (Wildman–Crippen LogP) is 4.76. The SMILES string of the molecule is CC1(C)c2nc(nc3[n-]c(nc4nc(nc5[n-]c(n2)c2cccnc52)C(C)(C)C4(C)C)c2cccnc32)C1(C)C.[Ni+2]. The third kappa shape index (κ3) is 3.61. The van der Waals surface area contributed by atoms with Crippen molar-refractivity contribution in [3.8, 4) is 0 Å². The van der Waals surface area contributed by atoms with Crippen molar-refractivity contribution in [3.05, 3.63) is 60.0 Å². The summed E-state index contributed by atoms with van der Waals surface area (Å²) in [6.07, 6.45) is 3.49. The van der Waals surface area contributed by atoms with Crippen LogP contribution >= 0.6 is 0 Å². The van der Waals surface area contributed by atoms with Gasteiger partial charge < -0.3 is 29.9 Å². The van der Waals surface area contributed by atoms with Gasteiger partial charge in [0, 0.05) is 67.4 Å². The molecule has 0 aromatic carbocycles. The van der Waals surface area contributed by atoms with Crippen LogP contribution in [0.25, 0.3) is 44.4 Å². The molecule has 0 fully saturated rings. The molecule has 10 nitrogen and oxygen atoms in total. The quantitative estimate of drug-likeness (QED) is 0.233. The Morgan fingerprint density at radius 2 is 0.780 bits per heavy atom. The maximum Gasteiger partial charge on any atom is 2.00 e. The van der Waals surface area contributed by atoms with Crippen LogP contribution in [-0.2, 0) is 38.2 Å². The molecule has 0 aliphatic carbocycles. The van der Waals surface area contributed by atoms with Crippen LogP contribution in [0.1, 0.15) is 78.7 Å². The van der Waals surface area contributed by atoms with Gasteiger partial charge in [-0.05, 0) is 12.1 Å². The van der Waals surface area contributed by atoms with E-state index in [1.807, 2.05) is 24.3 Å². The largest absolute Gasteiger partial charge is 2.00 e. The molecule has 11 heteroatoms. The predicted molar refractivity (Wildman–Crippen MR) is 153 cm³/mol. The van der Waals surface area contributed by atoms with Crippen molar-refractivity contribution in [1.82, 2.24) is 49.8 Å². The summed E-state index contributed by atoms with van der Waals surface area (Å²) in [4.78, 5) is 49.0. The van der Waals surface area contributed by atoms with Gasteiger partial charge in [-0.15, -0.1) is 0 Å². The zero-order chi connectivity index (χ0) is 28.2. The van der Waals surface area contributed by atoms with Crippen LogP contribution < -0.4 is 9.97 Å². The Balaban J connectivity index is 0.00000302. The van der Waals surface area contributed by atoms with E-state index in [1.54, 1.807) is 12.4 Å². The summed E-state index contributed by atoms with van der Waals surface area (Å²) < 4.78 is 0. The van der Waals surface area contributed by atoms with Gasteiger partial charge in [-0.3, -0.25) is 19.9 Å². The van der Waals surface area contributed by atoms with Gasteiger partial charge in [0.15, 0.2) is 0 Å². The first-order valence-corrected chi connectivity index (χ1v) is 13.5. The van der Waals surface area contributed by atoms with Gasteiger partial charge in [0.1, 0.15) is 0 Å². The minimum Gasteiger partial charge on any atom is -0.356 e. The first-order chi connectivity index (χ1) is 18.8. The molecule has 0 atom stereocenters. The standard InChI is InChI=1S/C30H30N10.Ni/c1-27(2)23-35-19-15-11-9-13-31-17(15)22(33-19)38-26-30(7,8)28(3,4)24(40-26)36-20-16-12-10-14-32-18(16)21(34-20)37-25(39-23)29(27,5)6;/h9-14H,1-8H3;/q-2;+2. The van der Waals surface area contributed by atoms with Crippen molar-refractivity contribution in [2.75, 3.05) is 0 Å². The molecule has 0 N–H and O–H groups in total. The van der Waals surface area contributed by atoms with E-state index in [2.05, 4.69) is 65.4 Å². The minimum atomic E-state index is -0.448. The van der Waals surface area contributed by atoms with E-state index in [1.165, 1.54) is 0 Å². The Labute approximate surface area is 247 Å². The van der Waals surface area contributed by atoms with E-state index in [9.17, 15) is 0 Å². The molecule has 5 aromatic rings. The smallest absolute Gasteiger partial charge is 0.356 e. The molecule has 41 heavy (non-hydrogen) atoms. The molecular weight excluding hydrogens is 559 g/mol. The maximum absolute atomic E-state index is 5.02. The second-order valence-electron chi connectivity index (χ2n) is 12.8. The summed E-state index contributed by atoms with van der Waals surface area (Å²) in [5.74, 6) is 2.55. The third-order valence-electron chi connectivity index (χ3n) is 9.58. The van der Waals surface area contributed by atoms with Crippen molar-refractivity contribution in [2.24, 2.45) is 0 Å². The Morgan fingerprint density at radius 1 is 0.463 bits per heavy atom. The Morgan fingerprint density at radius 3 is 1.12 bits per heavy atom. The molecule has 8 bridgehead atoms. The number of aromatic nitrogens is 10. The first kappa shape index (κ1) is 27.3. The summed E-state index contributed by atoms with van der Waals surface area (Å²) in [5.41, 5.74) is 1.60. The molecule has 7 rings (SSSR count). The van der Waals surface area contributed by atoms with Crippen molar-refractivity contribution >= 4 is 44.4 Å². The molecule has 5 aromatic heterocycles. The zero-order valence-corrected chi connectivity index (χ0v) is 25.2. The summed E-state index contributed by atoms with van der Waals surface area (Å²) >= 11 is 0. The fraction of sp³-hybridized carbons (Fsp3) is 0.400. The normalized spacial score (nSPS) is 18.3. The Bertz CT molecular complexity index is 1750. The molecule has 0 saturated carbocycles. The molecule has 0 amide bonds. The number of fused-ring (bicyclic) bond motifs is 14. The number of hydrogen-bond donors (Lipinski definition) is 0. The van der Waals surface area contributed by atoms with Gasteiger partial charge in [-0.25, -0.2) is 0 Å². The van der Waals surface area contributed by atoms with E-state index >= 15 is 0 Å². The fourth-order valence-electron chi connectivity index (χ4n) is 5.22. The van der Waals surface area contributed by atoms with Crippen molar-refractivity contribution < 1.29 is 16.5 Å². The van der Waals surface area contributed by atoms with Gasteiger partial charge in [-0.1, -0.05) is 67.5 Å². The van der Waals surface area contributed by atoms with Gasteiger partial charge in [-0.2, -0.15) is 0 Å². The summed E-state index contributed by atoms with van der Waals surface area (Å²) in [6.45, 7) is 17.0. The number of nitrogens with zero attached hydrogens (tertiary/aromatic N) is 10. The van der Waals surface area contributed by atoms with Gasteiger partial charge in [0.2, 0.25) is 0 Å². The maximum atomic E-state index is 5.02. The second kappa shape index (κ2) is 8.58. The van der Waals surface area contributed by atoms with E-state index < -0.39 is 21.7 Å². The van der Waals surface area contributed by atoms with Crippen LogP contribution in [-0.4, -0.2) is 39.9 Å². The van der Waals surface area contributed by atoms with Crippen LogP contribution in [0, 0.1) is 0 Å². The molecule has 7 heterocycles. The molecule has 2 aliphatic heterocycles. The van der Waals surface area contributed by atoms with Crippen molar-refractivity contribution in [3.63, 3.8) is 0 Å². The number of hydrogen-bond acceptors (Lipinski definition) is 8. The van der Waals surface area contributed by atoms with Gasteiger partial charge in [0.05, 0.1) is 34.3 Å². The van der Waals surface area contributed by atoms with Crippen LogP contribution in [0.3, 0.4) is 0 Å². The first-order valence-electron chi connectivity index (χ1n) is 13.5. The van der Waals surface area contributed by atoms with E-state index in [0.29, 0.717) is 56.9 Å². The third-order valence-corrected chi connectivity index (χ3v) is 9.58. The van der Waals surface area contributed by atoms with E-state index in [-0.39, 0.29) is 16.5 Å². The molecule has 2 aliphatic rings. The van der Waals surface area contributed by atoms with Crippen LogP contribution in [0.5, 0.6) is 0 Å². The Hall–Kier alpha value is -3.85. The van der Waals surface area contributed by atoms with E-state index in [4.69, 9.17) is 39.9 Å². The molecule has 0 saturated heterocycles. The van der Waals surface area contributed by atoms with Gasteiger partial charge >= 0.3 is 16.5 Å². The molecule has 0 unspecified atom stereocenters. The average Bonchev–Trinajstić information content (AvgIpc) is 3.52.